The third-order valence-corrected chi connectivity index (χ3v) is 11.7. The number of amides is 3. The number of benzene rings is 2. The van der Waals surface area contributed by atoms with E-state index in [0.717, 1.165) is 35.1 Å². The van der Waals surface area contributed by atoms with Gasteiger partial charge >= 0.3 is 30.2 Å². The molecule has 5 aliphatic carbocycles. The molecular weight excluding hydrogens is 757 g/mol. The molecule has 314 valence electrons. The number of fused-ring (bicyclic) bond motifs is 3. The highest BCUT2D eigenvalue weighted by Gasteiger charge is 2.52. The summed E-state index contributed by atoms with van der Waals surface area (Å²) in [5.74, 6) is -1.48. The van der Waals surface area contributed by atoms with Gasteiger partial charge < -0.3 is 46.1 Å². The molecule has 0 radical (unpaired) electrons. The molecule has 7 rings (SSSR count). The number of carboxylic acids is 2. The van der Waals surface area contributed by atoms with Gasteiger partial charge in [-0.3, -0.25) is 4.79 Å². The molecular formula is C45H54N4O10. The first kappa shape index (κ1) is 42.7. The van der Waals surface area contributed by atoms with E-state index in [4.69, 9.17) is 25.1 Å². The molecule has 7 N–H and O–H groups in total. The standard InChI is InChI=1S/C30H32N2O6.C15H22N2O4/c33-27(34)26(13-5-8-16-31-28(35)37-18-20-17-30(20)14-6-7-15-30)32-29(36)38-19-25-23-11-3-1-9-21(23)22-10-2-4-12-24(22)25;16-12(13(18)19)5-1-4-8-17-14(20)21-10-11-9-15(11)6-2-3-7-15/h1-4,6-7,9-12,14-15,20,25-26H,5,8,13,16-19H2,(H,31,35)(H,32,36)(H,33,34);2-3,6-7,11-12H,1,4-5,8-10,16H2,(H,17,20)(H,18,19)/t20?,26-;11?,12-/m00/s1. The predicted octanol–water partition coefficient (Wildman–Crippen LogP) is 6.43. The number of rotatable bonds is 19. The summed E-state index contributed by atoms with van der Waals surface area (Å²) >= 11 is 0. The second-order valence-electron chi connectivity index (χ2n) is 15.8. The van der Waals surface area contributed by atoms with E-state index < -0.39 is 42.3 Å². The van der Waals surface area contributed by atoms with E-state index in [1.54, 1.807) is 0 Å². The highest BCUT2D eigenvalue weighted by atomic mass is 16.6. The van der Waals surface area contributed by atoms with Crippen molar-refractivity contribution in [1.29, 1.82) is 0 Å². The maximum Gasteiger partial charge on any atom is 0.407 e. The van der Waals surface area contributed by atoms with Crippen LogP contribution in [0.4, 0.5) is 14.4 Å². The van der Waals surface area contributed by atoms with Gasteiger partial charge in [-0.25, -0.2) is 19.2 Å². The van der Waals surface area contributed by atoms with Gasteiger partial charge in [-0.15, -0.1) is 0 Å². The van der Waals surface area contributed by atoms with Gasteiger partial charge in [0, 0.05) is 41.7 Å². The molecule has 3 amide bonds. The first-order valence-corrected chi connectivity index (χ1v) is 20.4. The van der Waals surface area contributed by atoms with Gasteiger partial charge in [0.05, 0.1) is 13.2 Å². The van der Waals surface area contributed by atoms with Crippen molar-refractivity contribution in [2.45, 2.75) is 69.4 Å². The molecule has 2 aromatic rings. The van der Waals surface area contributed by atoms with Gasteiger partial charge in [-0.1, -0.05) is 97.1 Å². The molecule has 2 fully saturated rings. The average Bonchev–Trinajstić information content (AvgIpc) is 3.79. The van der Waals surface area contributed by atoms with Crippen molar-refractivity contribution in [2.75, 3.05) is 32.9 Å². The van der Waals surface area contributed by atoms with E-state index in [1.807, 2.05) is 60.7 Å². The molecule has 0 aliphatic heterocycles. The zero-order valence-electron chi connectivity index (χ0n) is 33.1. The average molecular weight is 811 g/mol. The number of hydrogen-bond acceptors (Lipinski definition) is 9. The lowest BCUT2D eigenvalue weighted by molar-refractivity contribution is -0.140. The summed E-state index contributed by atoms with van der Waals surface area (Å²) in [6.45, 7) is 1.77. The zero-order valence-corrected chi connectivity index (χ0v) is 33.1. The molecule has 4 atom stereocenters. The van der Waals surface area contributed by atoms with Crippen LogP contribution >= 0.6 is 0 Å². The quantitative estimate of drug-likeness (QED) is 0.0671. The molecule has 2 aromatic carbocycles. The lowest BCUT2D eigenvalue weighted by Gasteiger charge is -2.17. The molecule has 2 saturated carbocycles. The van der Waals surface area contributed by atoms with Crippen LogP contribution in [0.1, 0.15) is 68.4 Å². The van der Waals surface area contributed by atoms with Crippen molar-refractivity contribution in [3.8, 4) is 11.1 Å². The van der Waals surface area contributed by atoms with Gasteiger partial charge in [0.25, 0.3) is 0 Å². The summed E-state index contributed by atoms with van der Waals surface area (Å²) < 4.78 is 16.0. The van der Waals surface area contributed by atoms with Gasteiger partial charge in [0.1, 0.15) is 18.7 Å². The summed E-state index contributed by atoms with van der Waals surface area (Å²) in [4.78, 5) is 58.1. The van der Waals surface area contributed by atoms with Crippen molar-refractivity contribution < 1.29 is 48.4 Å². The van der Waals surface area contributed by atoms with Crippen LogP contribution in [0.2, 0.25) is 0 Å². The predicted molar refractivity (Wildman–Crippen MR) is 219 cm³/mol. The highest BCUT2D eigenvalue weighted by Crippen LogP contribution is 2.57. The molecule has 14 heteroatoms. The maximum atomic E-state index is 12.5. The number of aliphatic carboxylic acids is 2. The van der Waals surface area contributed by atoms with E-state index in [1.165, 1.54) is 0 Å². The second kappa shape index (κ2) is 19.7. The number of carbonyl (C=O) groups is 5. The van der Waals surface area contributed by atoms with Gasteiger partial charge in [-0.2, -0.15) is 0 Å². The van der Waals surface area contributed by atoms with E-state index in [0.29, 0.717) is 70.2 Å². The fourth-order valence-corrected chi connectivity index (χ4v) is 7.99. The Labute approximate surface area is 343 Å². The fourth-order valence-electron chi connectivity index (χ4n) is 7.99. The normalized spacial score (nSPS) is 19.8. The molecule has 2 unspecified atom stereocenters. The molecule has 0 aromatic heterocycles. The monoisotopic (exact) mass is 810 g/mol. The van der Waals surface area contributed by atoms with Crippen LogP contribution in [0.5, 0.6) is 0 Å². The van der Waals surface area contributed by atoms with E-state index in [2.05, 4.69) is 52.4 Å². The Morgan fingerprint density at radius 3 is 1.56 bits per heavy atom. The number of ether oxygens (including phenoxy) is 3. The van der Waals surface area contributed by atoms with Crippen LogP contribution in [0.25, 0.3) is 11.1 Å². The van der Waals surface area contributed by atoms with Crippen LogP contribution in [-0.4, -0.2) is 85.4 Å². The third kappa shape index (κ3) is 11.4. The fraction of sp³-hybridized carbons (Fsp3) is 0.444. The first-order chi connectivity index (χ1) is 28.5. The number of nitrogens with two attached hydrogens (primary N) is 1. The van der Waals surface area contributed by atoms with E-state index in [9.17, 15) is 29.1 Å². The van der Waals surface area contributed by atoms with Crippen molar-refractivity contribution in [1.82, 2.24) is 16.0 Å². The first-order valence-electron chi connectivity index (χ1n) is 20.4. The van der Waals surface area contributed by atoms with Crippen molar-refractivity contribution in [3.05, 3.63) is 108 Å². The summed E-state index contributed by atoms with van der Waals surface area (Å²) in [5, 5.41) is 26.0. The third-order valence-electron chi connectivity index (χ3n) is 11.7. The van der Waals surface area contributed by atoms with Crippen molar-refractivity contribution in [3.63, 3.8) is 0 Å². The highest BCUT2D eigenvalue weighted by molar-refractivity contribution is 5.81. The Morgan fingerprint density at radius 2 is 1.08 bits per heavy atom. The Kier molecular flexibility index (Phi) is 14.3. The van der Waals surface area contributed by atoms with Gasteiger partial charge in [0.2, 0.25) is 0 Å². The van der Waals surface area contributed by atoms with E-state index in [-0.39, 0.29) is 29.8 Å². The Bertz CT molecular complexity index is 1900. The van der Waals surface area contributed by atoms with Gasteiger partial charge in [0.15, 0.2) is 0 Å². The molecule has 0 saturated heterocycles. The number of alkyl carbamates (subject to hydrolysis) is 3. The topological polar surface area (TPSA) is 216 Å². The number of hydrogen-bond donors (Lipinski definition) is 6. The molecule has 59 heavy (non-hydrogen) atoms. The zero-order chi connectivity index (χ0) is 41.8. The van der Waals surface area contributed by atoms with Crippen LogP contribution in [0, 0.1) is 22.7 Å². The summed E-state index contributed by atoms with van der Waals surface area (Å²) in [6, 6.07) is 14.1. The minimum Gasteiger partial charge on any atom is -0.480 e. The molecule has 5 aliphatic rings. The van der Waals surface area contributed by atoms with Gasteiger partial charge in [-0.05, 0) is 73.6 Å². The number of allylic oxidation sites excluding steroid dienone is 8. The summed E-state index contributed by atoms with van der Waals surface area (Å²) in [7, 11) is 0. The molecule has 2 spiro atoms. The Balaban J connectivity index is 0.000000236. The van der Waals surface area contributed by atoms with Crippen LogP contribution in [0.15, 0.2) is 97.1 Å². The largest absolute Gasteiger partial charge is 0.480 e. The smallest absolute Gasteiger partial charge is 0.407 e. The number of carboxylic acid groups (broad SMARTS) is 2. The van der Waals surface area contributed by atoms with E-state index >= 15 is 0 Å². The summed E-state index contributed by atoms with van der Waals surface area (Å²) in [5.41, 5.74) is 10.0. The second-order valence-corrected chi connectivity index (χ2v) is 15.8. The molecule has 0 bridgehead atoms. The van der Waals surface area contributed by atoms with Crippen molar-refractivity contribution >= 4 is 30.2 Å². The van der Waals surface area contributed by atoms with Crippen molar-refractivity contribution in [2.24, 2.45) is 28.4 Å². The lowest BCUT2D eigenvalue weighted by atomic mass is 9.98. The number of carbonyl (C=O) groups excluding carboxylic acids is 3. The van der Waals surface area contributed by atoms with Crippen LogP contribution < -0.4 is 21.7 Å². The lowest BCUT2D eigenvalue weighted by Crippen LogP contribution is -2.41. The maximum absolute atomic E-state index is 12.5. The van der Waals surface area contributed by atoms with Crippen LogP contribution in [0.3, 0.4) is 0 Å². The minimum absolute atomic E-state index is 0.0896. The minimum atomic E-state index is -1.13. The number of nitrogens with one attached hydrogen (secondary N) is 3. The Hall–Kier alpha value is -5.89. The van der Waals surface area contributed by atoms with Crippen LogP contribution in [-0.2, 0) is 23.8 Å². The Morgan fingerprint density at radius 1 is 0.627 bits per heavy atom. The molecule has 0 heterocycles. The molecule has 14 nitrogen and oxygen atoms in total. The number of unbranched alkanes of at least 4 members (excludes halogenated alkanes) is 2. The SMILES string of the molecule is N[C@@H](CCCCNC(=O)OCC1CC12C=CC=C2)C(=O)O.O=C(NCCCC[C@H](NC(=O)OCC1c2ccccc2-c2ccccc21)C(=O)O)OCC1CC12C=CC=C2. The summed E-state index contributed by atoms with van der Waals surface area (Å²) in [6.07, 6.45) is 20.2.